The first-order valence-electron chi connectivity index (χ1n) is 9.34. The molecule has 0 bridgehead atoms. The Labute approximate surface area is 181 Å². The maximum Gasteiger partial charge on any atom is 0.255 e. The predicted molar refractivity (Wildman–Crippen MR) is 120 cm³/mol. The fourth-order valence-electron chi connectivity index (χ4n) is 3.43. The van der Waals surface area contributed by atoms with Crippen molar-refractivity contribution in [3.05, 3.63) is 58.8 Å². The number of carbonyl (C=O) groups is 1. The van der Waals surface area contributed by atoms with Crippen LogP contribution in [0.15, 0.2) is 47.7 Å². The summed E-state index contributed by atoms with van der Waals surface area (Å²) >= 11 is 5.35. The van der Waals surface area contributed by atoms with E-state index in [9.17, 15) is 4.79 Å². The fraction of sp³-hybridized carbons (Fsp3) is 0.273. The van der Waals surface area contributed by atoms with Crippen LogP contribution in [0.2, 0.25) is 0 Å². The number of hydrogen-bond donors (Lipinski definition) is 3. The summed E-state index contributed by atoms with van der Waals surface area (Å²) in [5, 5.41) is 9.61. The van der Waals surface area contributed by atoms with Crippen LogP contribution in [0.4, 0.5) is 5.69 Å². The zero-order valence-electron chi connectivity index (χ0n) is 17.6. The van der Waals surface area contributed by atoms with Gasteiger partial charge in [0, 0.05) is 23.0 Å². The number of thiocarbonyl (C=S) groups is 1. The van der Waals surface area contributed by atoms with E-state index in [-0.39, 0.29) is 5.91 Å². The summed E-state index contributed by atoms with van der Waals surface area (Å²) in [5.41, 5.74) is 3.62. The smallest absolute Gasteiger partial charge is 0.255 e. The lowest BCUT2D eigenvalue weighted by Gasteiger charge is -2.31. The van der Waals surface area contributed by atoms with Gasteiger partial charge in [0.05, 0.1) is 32.9 Å². The number of methoxy groups -OCH3 is 3. The lowest BCUT2D eigenvalue weighted by atomic mass is 9.93. The normalized spacial score (nSPS) is 15.8. The molecule has 0 spiro atoms. The third-order valence-electron chi connectivity index (χ3n) is 4.84. The maximum absolute atomic E-state index is 13.3. The Morgan fingerprint density at radius 2 is 1.67 bits per heavy atom. The van der Waals surface area contributed by atoms with Gasteiger partial charge in [0.1, 0.15) is 5.75 Å². The molecule has 30 heavy (non-hydrogen) atoms. The molecule has 7 nitrogen and oxygen atoms in total. The largest absolute Gasteiger partial charge is 0.496 e. The van der Waals surface area contributed by atoms with E-state index in [0.29, 0.717) is 44.9 Å². The van der Waals surface area contributed by atoms with Gasteiger partial charge in [-0.2, -0.15) is 0 Å². The highest BCUT2D eigenvalue weighted by molar-refractivity contribution is 7.80. The molecule has 1 aliphatic heterocycles. The van der Waals surface area contributed by atoms with Crippen LogP contribution in [0, 0.1) is 6.92 Å². The van der Waals surface area contributed by atoms with Gasteiger partial charge < -0.3 is 30.2 Å². The number of carbonyl (C=O) groups excluding carboxylic acids is 1. The molecular formula is C22H25N3O4S. The Bertz CT molecular complexity index is 1020. The van der Waals surface area contributed by atoms with Crippen molar-refractivity contribution in [1.82, 2.24) is 10.6 Å². The average Bonchev–Trinajstić information content (AvgIpc) is 2.71. The van der Waals surface area contributed by atoms with Crippen LogP contribution < -0.4 is 30.2 Å². The summed E-state index contributed by atoms with van der Waals surface area (Å²) in [6.45, 7) is 3.79. The average molecular weight is 428 g/mol. The van der Waals surface area contributed by atoms with Crippen LogP contribution in [0.1, 0.15) is 24.1 Å². The summed E-state index contributed by atoms with van der Waals surface area (Å²) < 4.78 is 16.4. The van der Waals surface area contributed by atoms with Crippen molar-refractivity contribution in [2.75, 3.05) is 26.6 Å². The molecule has 0 aromatic heterocycles. The number of rotatable bonds is 6. The van der Waals surface area contributed by atoms with E-state index in [0.717, 1.165) is 5.56 Å². The minimum Gasteiger partial charge on any atom is -0.496 e. The molecule has 158 valence electrons. The minimum absolute atomic E-state index is 0.248. The first kappa shape index (κ1) is 21.4. The first-order chi connectivity index (χ1) is 14.4. The number of aryl methyl sites for hydroxylation is 1. The molecule has 0 saturated carbocycles. The van der Waals surface area contributed by atoms with Gasteiger partial charge in [-0.1, -0.05) is 12.1 Å². The number of nitrogens with one attached hydrogen (secondary N) is 3. The number of ether oxygens (including phenoxy) is 3. The van der Waals surface area contributed by atoms with Gasteiger partial charge in [0.25, 0.3) is 5.91 Å². The lowest BCUT2D eigenvalue weighted by molar-refractivity contribution is -0.113. The molecule has 3 rings (SSSR count). The molecule has 0 radical (unpaired) electrons. The zero-order valence-corrected chi connectivity index (χ0v) is 18.4. The van der Waals surface area contributed by atoms with E-state index in [4.69, 9.17) is 26.4 Å². The zero-order chi connectivity index (χ0) is 21.8. The second-order valence-electron chi connectivity index (χ2n) is 6.84. The van der Waals surface area contributed by atoms with Crippen molar-refractivity contribution in [2.45, 2.75) is 19.9 Å². The summed E-state index contributed by atoms with van der Waals surface area (Å²) in [7, 11) is 4.67. The van der Waals surface area contributed by atoms with Crippen LogP contribution in [0.25, 0.3) is 0 Å². The van der Waals surface area contributed by atoms with Gasteiger partial charge in [-0.25, -0.2) is 0 Å². The summed E-state index contributed by atoms with van der Waals surface area (Å²) in [6.07, 6.45) is 0. The van der Waals surface area contributed by atoms with Crippen LogP contribution >= 0.6 is 12.2 Å². The maximum atomic E-state index is 13.3. The topological polar surface area (TPSA) is 80.9 Å². The van der Waals surface area contributed by atoms with E-state index in [2.05, 4.69) is 16.0 Å². The molecular weight excluding hydrogens is 402 g/mol. The summed E-state index contributed by atoms with van der Waals surface area (Å²) in [5.74, 6) is 1.35. The van der Waals surface area contributed by atoms with Gasteiger partial charge in [0.15, 0.2) is 16.6 Å². The monoisotopic (exact) mass is 427 g/mol. The molecule has 0 fully saturated rings. The van der Waals surface area contributed by atoms with E-state index in [1.54, 1.807) is 33.5 Å². The molecule has 0 aliphatic carbocycles. The van der Waals surface area contributed by atoms with E-state index in [1.807, 2.05) is 38.1 Å². The number of amides is 1. The van der Waals surface area contributed by atoms with Crippen molar-refractivity contribution in [1.29, 1.82) is 0 Å². The van der Waals surface area contributed by atoms with Gasteiger partial charge in [0.2, 0.25) is 0 Å². The SMILES string of the molecule is COc1cc(OC)c([C@H]2NC(=S)NC(C)=C2C(=O)Nc2cccc(C)c2)cc1OC. The van der Waals surface area contributed by atoms with Crippen molar-refractivity contribution >= 4 is 28.9 Å². The molecule has 1 atom stereocenters. The Balaban J connectivity index is 2.07. The Morgan fingerprint density at radius 1 is 1.00 bits per heavy atom. The Morgan fingerprint density at radius 3 is 2.30 bits per heavy atom. The predicted octanol–water partition coefficient (Wildman–Crippen LogP) is 3.45. The molecule has 2 aromatic carbocycles. The van der Waals surface area contributed by atoms with Crippen molar-refractivity contribution in [2.24, 2.45) is 0 Å². The fourth-order valence-corrected chi connectivity index (χ4v) is 3.70. The third kappa shape index (κ3) is 4.33. The molecule has 3 N–H and O–H groups in total. The number of anilines is 1. The second kappa shape index (κ2) is 9.04. The van der Waals surface area contributed by atoms with Crippen molar-refractivity contribution in [3.63, 3.8) is 0 Å². The molecule has 2 aromatic rings. The number of hydrogen-bond acceptors (Lipinski definition) is 5. The standard InChI is InChI=1S/C22H25N3O4S/c1-12-7-6-8-14(9-12)24-21(26)19-13(2)23-22(30)25-20(19)15-10-17(28-4)18(29-5)11-16(15)27-3/h6-11,20H,1-5H3,(H,24,26)(H2,23,25,30)/t20-/m1/s1. The first-order valence-corrected chi connectivity index (χ1v) is 9.75. The molecule has 1 amide bonds. The molecule has 0 saturated heterocycles. The van der Waals surface area contributed by atoms with Gasteiger partial charge in [-0.3, -0.25) is 4.79 Å². The molecule has 0 unspecified atom stereocenters. The highest BCUT2D eigenvalue weighted by Gasteiger charge is 2.33. The van der Waals surface area contributed by atoms with E-state index in [1.165, 1.54) is 0 Å². The van der Waals surface area contributed by atoms with Crippen molar-refractivity contribution < 1.29 is 19.0 Å². The molecule has 8 heteroatoms. The highest BCUT2D eigenvalue weighted by atomic mass is 32.1. The molecule has 1 aliphatic rings. The van der Waals surface area contributed by atoms with Crippen LogP contribution in [0.5, 0.6) is 17.2 Å². The minimum atomic E-state index is -0.543. The van der Waals surface area contributed by atoms with Crippen molar-refractivity contribution in [3.8, 4) is 17.2 Å². The van der Waals surface area contributed by atoms with Gasteiger partial charge in [-0.05, 0) is 49.8 Å². The number of allylic oxidation sites excluding steroid dienone is 1. The van der Waals surface area contributed by atoms with Gasteiger partial charge >= 0.3 is 0 Å². The summed E-state index contributed by atoms with van der Waals surface area (Å²) in [6, 6.07) is 10.6. The van der Waals surface area contributed by atoms with E-state index >= 15 is 0 Å². The Hall–Kier alpha value is -3.26. The molecule has 1 heterocycles. The van der Waals surface area contributed by atoms with Crippen LogP contribution in [-0.2, 0) is 4.79 Å². The Kier molecular flexibility index (Phi) is 6.47. The highest BCUT2D eigenvalue weighted by Crippen LogP contribution is 2.40. The lowest BCUT2D eigenvalue weighted by Crippen LogP contribution is -2.45. The summed E-state index contributed by atoms with van der Waals surface area (Å²) in [4.78, 5) is 13.3. The number of benzene rings is 2. The van der Waals surface area contributed by atoms with Crippen LogP contribution in [-0.4, -0.2) is 32.3 Å². The third-order valence-corrected chi connectivity index (χ3v) is 5.06. The van der Waals surface area contributed by atoms with Gasteiger partial charge in [-0.15, -0.1) is 0 Å². The second-order valence-corrected chi connectivity index (χ2v) is 7.25. The van der Waals surface area contributed by atoms with Crippen LogP contribution in [0.3, 0.4) is 0 Å². The van der Waals surface area contributed by atoms with E-state index < -0.39 is 6.04 Å². The quantitative estimate of drug-likeness (QED) is 0.609.